The van der Waals surface area contributed by atoms with Crippen molar-refractivity contribution in [3.05, 3.63) is 53.9 Å². The van der Waals surface area contributed by atoms with Crippen molar-refractivity contribution in [2.75, 3.05) is 5.32 Å². The molecule has 0 aromatic carbocycles. The standard InChI is InChI=1S/C16H15ClN4O/c17-16-19-14(18-10-12-6-3-9-22-12)13-7-8-21(15(13)20-16)11-4-1-2-5-11/h1,3-4,6-9,11H,2,5,10H2,(H,18,19,20)/t11-/m0/s1. The lowest BCUT2D eigenvalue weighted by atomic mass is 10.2. The molecule has 4 rings (SSSR count). The zero-order valence-corrected chi connectivity index (χ0v) is 12.6. The number of fused-ring (bicyclic) bond motifs is 1. The van der Waals surface area contributed by atoms with Crippen molar-refractivity contribution in [3.8, 4) is 0 Å². The maximum Gasteiger partial charge on any atom is 0.226 e. The molecule has 0 fully saturated rings. The van der Waals surface area contributed by atoms with Crippen LogP contribution >= 0.6 is 11.6 Å². The van der Waals surface area contributed by atoms with Gasteiger partial charge in [0.25, 0.3) is 0 Å². The summed E-state index contributed by atoms with van der Waals surface area (Å²) in [5.74, 6) is 1.58. The number of hydrogen-bond donors (Lipinski definition) is 1. The first-order valence-corrected chi connectivity index (χ1v) is 7.66. The number of anilines is 1. The van der Waals surface area contributed by atoms with Crippen LogP contribution in [0, 0.1) is 0 Å². The van der Waals surface area contributed by atoms with E-state index >= 15 is 0 Å². The maximum absolute atomic E-state index is 6.10. The summed E-state index contributed by atoms with van der Waals surface area (Å²) in [4.78, 5) is 8.72. The Morgan fingerprint density at radius 3 is 3.09 bits per heavy atom. The highest BCUT2D eigenvalue weighted by atomic mass is 35.5. The normalized spacial score (nSPS) is 17.4. The third-order valence-electron chi connectivity index (χ3n) is 3.90. The second-order valence-corrected chi connectivity index (χ2v) is 5.65. The second kappa shape index (κ2) is 5.50. The van der Waals surface area contributed by atoms with Gasteiger partial charge >= 0.3 is 0 Å². The first-order chi connectivity index (χ1) is 10.8. The summed E-state index contributed by atoms with van der Waals surface area (Å²) >= 11 is 6.10. The van der Waals surface area contributed by atoms with Crippen molar-refractivity contribution in [1.29, 1.82) is 0 Å². The summed E-state index contributed by atoms with van der Waals surface area (Å²) in [6, 6.07) is 6.16. The molecule has 1 aliphatic rings. The molecule has 0 spiro atoms. The van der Waals surface area contributed by atoms with Crippen LogP contribution in [0.5, 0.6) is 0 Å². The fourth-order valence-electron chi connectivity index (χ4n) is 2.84. The van der Waals surface area contributed by atoms with Crippen molar-refractivity contribution in [1.82, 2.24) is 14.5 Å². The monoisotopic (exact) mass is 314 g/mol. The van der Waals surface area contributed by atoms with Crippen molar-refractivity contribution in [2.24, 2.45) is 0 Å². The van der Waals surface area contributed by atoms with Crippen molar-refractivity contribution in [2.45, 2.75) is 25.4 Å². The molecule has 0 amide bonds. The van der Waals surface area contributed by atoms with Crippen LogP contribution in [-0.4, -0.2) is 14.5 Å². The van der Waals surface area contributed by atoms with E-state index < -0.39 is 0 Å². The Hall–Kier alpha value is -2.27. The summed E-state index contributed by atoms with van der Waals surface area (Å²) in [5, 5.41) is 4.49. The molecule has 0 radical (unpaired) electrons. The number of allylic oxidation sites excluding steroid dienone is 2. The number of aromatic nitrogens is 3. The number of nitrogens with one attached hydrogen (secondary N) is 1. The van der Waals surface area contributed by atoms with E-state index in [-0.39, 0.29) is 5.28 Å². The molecule has 1 atom stereocenters. The highest BCUT2D eigenvalue weighted by Crippen LogP contribution is 2.30. The molecule has 3 aromatic rings. The molecule has 0 aliphatic heterocycles. The minimum atomic E-state index is 0.247. The van der Waals surface area contributed by atoms with Gasteiger partial charge in [-0.3, -0.25) is 0 Å². The van der Waals surface area contributed by atoms with Crippen LogP contribution in [0.3, 0.4) is 0 Å². The molecule has 1 aliphatic carbocycles. The number of rotatable bonds is 4. The Balaban J connectivity index is 1.70. The van der Waals surface area contributed by atoms with Gasteiger partial charge in [-0.1, -0.05) is 12.2 Å². The first-order valence-electron chi connectivity index (χ1n) is 7.28. The predicted molar refractivity (Wildman–Crippen MR) is 86.0 cm³/mol. The molecule has 22 heavy (non-hydrogen) atoms. The number of hydrogen-bond acceptors (Lipinski definition) is 4. The fourth-order valence-corrected chi connectivity index (χ4v) is 3.01. The molecule has 3 heterocycles. The molecule has 112 valence electrons. The smallest absolute Gasteiger partial charge is 0.226 e. The van der Waals surface area contributed by atoms with E-state index in [1.54, 1.807) is 6.26 Å². The largest absolute Gasteiger partial charge is 0.467 e. The van der Waals surface area contributed by atoms with E-state index in [0.717, 1.165) is 35.5 Å². The highest BCUT2D eigenvalue weighted by Gasteiger charge is 2.17. The van der Waals surface area contributed by atoms with Crippen LogP contribution in [0.2, 0.25) is 5.28 Å². The van der Waals surface area contributed by atoms with Crippen LogP contribution in [0.15, 0.2) is 47.2 Å². The number of furan rings is 1. The zero-order chi connectivity index (χ0) is 14.9. The Labute approximate surface area is 132 Å². The third-order valence-corrected chi connectivity index (χ3v) is 4.07. The van der Waals surface area contributed by atoms with E-state index in [4.69, 9.17) is 16.0 Å². The maximum atomic E-state index is 6.10. The van der Waals surface area contributed by atoms with Gasteiger partial charge in [0.05, 0.1) is 24.2 Å². The van der Waals surface area contributed by atoms with E-state index in [9.17, 15) is 0 Å². The molecule has 3 aromatic heterocycles. The van der Waals surface area contributed by atoms with E-state index in [2.05, 4.69) is 32.0 Å². The van der Waals surface area contributed by atoms with Gasteiger partial charge in [0.15, 0.2) is 0 Å². The van der Waals surface area contributed by atoms with Gasteiger partial charge in [-0.25, -0.2) is 4.98 Å². The zero-order valence-electron chi connectivity index (χ0n) is 11.9. The molecule has 0 saturated heterocycles. The van der Waals surface area contributed by atoms with Crippen LogP contribution < -0.4 is 5.32 Å². The Bertz CT molecular complexity index is 822. The SMILES string of the molecule is Clc1nc(NCc2ccco2)c2ccn([C@H]3C=CCC3)c2n1. The van der Waals surface area contributed by atoms with Crippen molar-refractivity contribution in [3.63, 3.8) is 0 Å². The average molecular weight is 315 g/mol. The second-order valence-electron chi connectivity index (χ2n) is 5.31. The van der Waals surface area contributed by atoms with Gasteiger partial charge in [0.1, 0.15) is 17.2 Å². The molecule has 0 unspecified atom stereocenters. The van der Waals surface area contributed by atoms with Gasteiger partial charge in [-0.15, -0.1) is 0 Å². The molecule has 6 heteroatoms. The van der Waals surface area contributed by atoms with E-state index in [1.165, 1.54) is 0 Å². The van der Waals surface area contributed by atoms with Crippen LogP contribution in [0.1, 0.15) is 24.6 Å². The van der Waals surface area contributed by atoms with E-state index in [1.807, 2.05) is 24.4 Å². The average Bonchev–Trinajstić information content (AvgIpc) is 3.24. The van der Waals surface area contributed by atoms with Gasteiger partial charge < -0.3 is 14.3 Å². The van der Waals surface area contributed by atoms with E-state index in [0.29, 0.717) is 12.6 Å². The highest BCUT2D eigenvalue weighted by molar-refractivity contribution is 6.28. The lowest BCUT2D eigenvalue weighted by Crippen LogP contribution is -2.06. The molecule has 1 N–H and O–H groups in total. The Morgan fingerprint density at radius 1 is 1.36 bits per heavy atom. The molecular weight excluding hydrogens is 300 g/mol. The third kappa shape index (κ3) is 2.37. The summed E-state index contributed by atoms with van der Waals surface area (Å²) in [6.45, 7) is 0.559. The predicted octanol–water partition coefficient (Wildman–Crippen LogP) is 4.18. The van der Waals surface area contributed by atoms with Gasteiger partial charge in [0, 0.05) is 6.20 Å². The summed E-state index contributed by atoms with van der Waals surface area (Å²) < 4.78 is 7.49. The minimum Gasteiger partial charge on any atom is -0.467 e. The minimum absolute atomic E-state index is 0.247. The van der Waals surface area contributed by atoms with Crippen LogP contribution in [0.4, 0.5) is 5.82 Å². The Morgan fingerprint density at radius 2 is 2.32 bits per heavy atom. The van der Waals surface area contributed by atoms with Crippen LogP contribution in [0.25, 0.3) is 11.0 Å². The summed E-state index contributed by atoms with van der Waals surface area (Å²) in [6.07, 6.45) is 10.3. The fraction of sp³-hybridized carbons (Fsp3) is 0.250. The quantitative estimate of drug-likeness (QED) is 0.580. The van der Waals surface area contributed by atoms with Crippen molar-refractivity contribution < 1.29 is 4.42 Å². The van der Waals surface area contributed by atoms with Gasteiger partial charge in [0.2, 0.25) is 5.28 Å². The lowest BCUT2D eigenvalue weighted by Gasteiger charge is -2.12. The van der Waals surface area contributed by atoms with Crippen molar-refractivity contribution >= 4 is 28.5 Å². The van der Waals surface area contributed by atoms with Gasteiger partial charge in [-0.2, -0.15) is 4.98 Å². The number of nitrogens with zero attached hydrogens (tertiary/aromatic N) is 3. The summed E-state index contributed by atoms with van der Waals surface area (Å²) in [7, 11) is 0. The van der Waals surface area contributed by atoms with Gasteiger partial charge in [-0.05, 0) is 42.6 Å². The molecule has 0 bridgehead atoms. The molecular formula is C16H15ClN4O. The van der Waals surface area contributed by atoms with Crippen LogP contribution in [-0.2, 0) is 6.54 Å². The summed E-state index contributed by atoms with van der Waals surface area (Å²) in [5.41, 5.74) is 0.860. The first kappa shape index (κ1) is 13.4. The molecule has 0 saturated carbocycles. The number of halogens is 1. The lowest BCUT2D eigenvalue weighted by molar-refractivity contribution is 0.518. The molecule has 5 nitrogen and oxygen atoms in total. The Kier molecular flexibility index (Phi) is 3.35. The topological polar surface area (TPSA) is 55.9 Å².